The molecule has 2 aromatic rings. The van der Waals surface area contributed by atoms with E-state index < -0.39 is 11.6 Å². The van der Waals surface area contributed by atoms with Crippen LogP contribution >= 0.6 is 0 Å². The van der Waals surface area contributed by atoms with Gasteiger partial charge in [0.1, 0.15) is 5.76 Å². The molecule has 0 atom stereocenters. The second-order valence-electron chi connectivity index (χ2n) is 5.49. The number of hydrogen-bond acceptors (Lipinski definition) is 2. The zero-order chi connectivity index (χ0) is 13.6. The summed E-state index contributed by atoms with van der Waals surface area (Å²) in [5, 5.41) is 3.99. The summed E-state index contributed by atoms with van der Waals surface area (Å²) in [5.74, 6) is -0.548. The van der Waals surface area contributed by atoms with Gasteiger partial charge in [0.05, 0.1) is 6.54 Å². The van der Waals surface area contributed by atoms with Gasteiger partial charge in [-0.1, -0.05) is 13.8 Å². The highest BCUT2D eigenvalue weighted by molar-refractivity contribution is 5.84. The Morgan fingerprint density at radius 1 is 1.32 bits per heavy atom. The number of hydrogen-bond donors (Lipinski definition) is 1. The summed E-state index contributed by atoms with van der Waals surface area (Å²) in [6, 6.07) is 3.13. The number of fused-ring (bicyclic) bond motifs is 1. The average Bonchev–Trinajstić information content (AvgIpc) is 3.13. The van der Waals surface area contributed by atoms with Gasteiger partial charge in [-0.15, -0.1) is 0 Å². The minimum Gasteiger partial charge on any atom is -0.456 e. The van der Waals surface area contributed by atoms with Gasteiger partial charge >= 0.3 is 0 Å². The van der Waals surface area contributed by atoms with E-state index in [-0.39, 0.29) is 5.58 Å². The molecule has 0 spiro atoms. The second-order valence-corrected chi connectivity index (χ2v) is 5.49. The van der Waals surface area contributed by atoms with Crippen LogP contribution in [0.3, 0.4) is 0 Å². The lowest BCUT2D eigenvalue weighted by molar-refractivity contribution is 0.456. The molecule has 0 saturated heterocycles. The molecule has 1 heterocycles. The van der Waals surface area contributed by atoms with Crippen molar-refractivity contribution in [2.24, 2.45) is 0 Å². The topological polar surface area (TPSA) is 25.2 Å². The molecule has 102 valence electrons. The van der Waals surface area contributed by atoms with Crippen LogP contribution in [0.4, 0.5) is 8.78 Å². The maximum Gasteiger partial charge on any atom is 0.201 e. The van der Waals surface area contributed by atoms with Crippen molar-refractivity contribution in [1.29, 1.82) is 0 Å². The number of rotatable bonds is 4. The molecule has 0 aliphatic heterocycles. The van der Waals surface area contributed by atoms with Crippen molar-refractivity contribution >= 4 is 11.0 Å². The molecule has 1 fully saturated rings. The lowest BCUT2D eigenvalue weighted by atomic mass is 10.1. The molecule has 1 N–H and O–H groups in total. The molecule has 1 aromatic heterocycles. The summed E-state index contributed by atoms with van der Waals surface area (Å²) in [5.41, 5.74) is 1.12. The van der Waals surface area contributed by atoms with Gasteiger partial charge < -0.3 is 9.73 Å². The van der Waals surface area contributed by atoms with E-state index in [1.165, 1.54) is 6.07 Å². The number of benzene rings is 1. The van der Waals surface area contributed by atoms with Crippen molar-refractivity contribution in [3.8, 4) is 0 Å². The van der Waals surface area contributed by atoms with Gasteiger partial charge in [0.15, 0.2) is 11.4 Å². The van der Waals surface area contributed by atoms with Gasteiger partial charge in [-0.3, -0.25) is 0 Å². The van der Waals surface area contributed by atoms with Crippen molar-refractivity contribution in [1.82, 2.24) is 5.32 Å². The molecule has 4 heteroatoms. The summed E-state index contributed by atoms with van der Waals surface area (Å²) in [6.45, 7) is 4.64. The summed E-state index contributed by atoms with van der Waals surface area (Å²) in [4.78, 5) is 0. The Kier molecular flexibility index (Phi) is 3.05. The summed E-state index contributed by atoms with van der Waals surface area (Å²) in [6.07, 6.45) is 2.20. The largest absolute Gasteiger partial charge is 0.456 e. The predicted octanol–water partition coefficient (Wildman–Crippen LogP) is 4.09. The lowest BCUT2D eigenvalue weighted by Crippen LogP contribution is -2.22. The van der Waals surface area contributed by atoms with Crippen molar-refractivity contribution < 1.29 is 13.2 Å². The van der Waals surface area contributed by atoms with Gasteiger partial charge in [0.25, 0.3) is 0 Å². The fourth-order valence-electron chi connectivity index (χ4n) is 2.42. The lowest BCUT2D eigenvalue weighted by Gasteiger charge is -2.07. The first-order chi connectivity index (χ1) is 9.08. The maximum absolute atomic E-state index is 13.8. The molecule has 1 aliphatic rings. The maximum atomic E-state index is 13.8. The molecule has 2 nitrogen and oxygen atoms in total. The highest BCUT2D eigenvalue weighted by Gasteiger charge is 2.31. The molecule has 1 aromatic carbocycles. The third-order valence-electron chi connectivity index (χ3n) is 3.52. The molecule has 0 unspecified atom stereocenters. The molecular weight excluding hydrogens is 248 g/mol. The van der Waals surface area contributed by atoms with Crippen molar-refractivity contribution in [2.75, 3.05) is 0 Å². The van der Waals surface area contributed by atoms with E-state index >= 15 is 0 Å². The molecule has 0 radical (unpaired) electrons. The van der Waals surface area contributed by atoms with Crippen LogP contribution in [-0.2, 0) is 6.54 Å². The summed E-state index contributed by atoms with van der Waals surface area (Å²) in [7, 11) is 0. The van der Waals surface area contributed by atoms with E-state index in [0.717, 1.165) is 29.6 Å². The van der Waals surface area contributed by atoms with Gasteiger partial charge in [0.2, 0.25) is 5.82 Å². The van der Waals surface area contributed by atoms with E-state index in [2.05, 4.69) is 5.32 Å². The molecule has 1 saturated carbocycles. The molecule has 3 rings (SSSR count). The van der Waals surface area contributed by atoms with Crippen LogP contribution in [0.2, 0.25) is 0 Å². The standard InChI is InChI=1S/C15H17F2NO/c1-8(2)18-7-12-13(9-3-4-9)10-5-6-11(16)14(17)15(10)19-12/h5-6,8-9,18H,3-4,7H2,1-2H3. The smallest absolute Gasteiger partial charge is 0.201 e. The van der Waals surface area contributed by atoms with E-state index in [1.807, 2.05) is 13.8 Å². The van der Waals surface area contributed by atoms with Crippen LogP contribution in [0.1, 0.15) is 43.9 Å². The quantitative estimate of drug-likeness (QED) is 0.900. The van der Waals surface area contributed by atoms with E-state index in [0.29, 0.717) is 18.5 Å². The van der Waals surface area contributed by atoms with E-state index in [1.54, 1.807) is 6.07 Å². The Labute approximate surface area is 110 Å². The Morgan fingerprint density at radius 2 is 2.05 bits per heavy atom. The Hall–Kier alpha value is -1.42. The zero-order valence-corrected chi connectivity index (χ0v) is 11.1. The van der Waals surface area contributed by atoms with Gasteiger partial charge in [-0.2, -0.15) is 4.39 Å². The minimum atomic E-state index is -0.879. The molecular formula is C15H17F2NO. The Bertz CT molecular complexity index is 614. The molecule has 19 heavy (non-hydrogen) atoms. The average molecular weight is 265 g/mol. The van der Waals surface area contributed by atoms with Crippen LogP contribution in [0.5, 0.6) is 0 Å². The van der Waals surface area contributed by atoms with Crippen LogP contribution in [0.15, 0.2) is 16.5 Å². The Morgan fingerprint density at radius 3 is 2.68 bits per heavy atom. The number of nitrogens with one attached hydrogen (secondary N) is 1. The fourth-order valence-corrected chi connectivity index (χ4v) is 2.42. The van der Waals surface area contributed by atoms with Crippen LogP contribution in [-0.4, -0.2) is 6.04 Å². The SMILES string of the molecule is CC(C)NCc1oc2c(F)c(F)ccc2c1C1CC1. The highest BCUT2D eigenvalue weighted by Crippen LogP contribution is 2.46. The number of furan rings is 1. The summed E-state index contributed by atoms with van der Waals surface area (Å²) >= 11 is 0. The minimum absolute atomic E-state index is 0.0578. The molecule has 0 bridgehead atoms. The first-order valence-electron chi connectivity index (χ1n) is 6.70. The van der Waals surface area contributed by atoms with Crippen molar-refractivity contribution in [3.63, 3.8) is 0 Å². The van der Waals surface area contributed by atoms with Gasteiger partial charge in [-0.25, -0.2) is 4.39 Å². The monoisotopic (exact) mass is 265 g/mol. The first kappa shape index (κ1) is 12.6. The normalized spacial score (nSPS) is 15.6. The first-order valence-corrected chi connectivity index (χ1v) is 6.70. The molecule has 0 amide bonds. The Balaban J connectivity index is 2.09. The highest BCUT2D eigenvalue weighted by atomic mass is 19.2. The van der Waals surface area contributed by atoms with Crippen LogP contribution < -0.4 is 5.32 Å². The molecule has 1 aliphatic carbocycles. The predicted molar refractivity (Wildman–Crippen MR) is 70.1 cm³/mol. The van der Waals surface area contributed by atoms with E-state index in [9.17, 15) is 8.78 Å². The third-order valence-corrected chi connectivity index (χ3v) is 3.52. The van der Waals surface area contributed by atoms with Crippen LogP contribution in [0.25, 0.3) is 11.0 Å². The number of halogens is 2. The van der Waals surface area contributed by atoms with E-state index in [4.69, 9.17) is 4.42 Å². The third kappa shape index (κ3) is 2.25. The fraction of sp³-hybridized carbons (Fsp3) is 0.467. The second kappa shape index (κ2) is 4.60. The van der Waals surface area contributed by atoms with Crippen LogP contribution in [0, 0.1) is 11.6 Å². The van der Waals surface area contributed by atoms with Gasteiger partial charge in [0, 0.05) is 17.0 Å². The van der Waals surface area contributed by atoms with Gasteiger partial charge in [-0.05, 0) is 30.9 Å². The van der Waals surface area contributed by atoms with Crippen molar-refractivity contribution in [3.05, 3.63) is 35.1 Å². The zero-order valence-electron chi connectivity index (χ0n) is 11.1. The van der Waals surface area contributed by atoms with Crippen molar-refractivity contribution in [2.45, 2.75) is 45.2 Å². The summed E-state index contributed by atoms with van der Waals surface area (Å²) < 4.78 is 32.6.